The molecular weight excluding hydrogens is 196 g/mol. The summed E-state index contributed by atoms with van der Waals surface area (Å²) in [5.41, 5.74) is 8.21. The van der Waals surface area contributed by atoms with Gasteiger partial charge in [0.05, 0.1) is 0 Å². The van der Waals surface area contributed by atoms with Crippen LogP contribution in [-0.2, 0) is 0 Å². The number of halogens is 1. The van der Waals surface area contributed by atoms with Crippen molar-refractivity contribution >= 4 is 17.3 Å². The Kier molecular flexibility index (Phi) is 2.66. The zero-order chi connectivity index (χ0) is 10.1. The zero-order valence-corrected chi connectivity index (χ0v) is 9.01. The molecule has 1 aliphatic heterocycles. The summed E-state index contributed by atoms with van der Waals surface area (Å²) in [6.45, 7) is 3.88. The standard InChI is InChI=1S/C11H15ClN2/c1-7(5-13)10-6-14-11-3-2-8(12)4-9(10)11/h2-4,7,10,14H,5-6,13H2,1H3. The van der Waals surface area contributed by atoms with E-state index < -0.39 is 0 Å². The molecule has 2 unspecified atom stereocenters. The van der Waals surface area contributed by atoms with Crippen LogP contribution >= 0.6 is 11.6 Å². The third kappa shape index (κ3) is 1.60. The summed E-state index contributed by atoms with van der Waals surface area (Å²) in [5.74, 6) is 1.01. The molecule has 14 heavy (non-hydrogen) atoms. The van der Waals surface area contributed by atoms with Crippen molar-refractivity contribution in [2.45, 2.75) is 12.8 Å². The smallest absolute Gasteiger partial charge is 0.0410 e. The second-order valence-electron chi connectivity index (χ2n) is 3.93. The number of rotatable bonds is 2. The Morgan fingerprint density at radius 2 is 2.43 bits per heavy atom. The Morgan fingerprint density at radius 1 is 1.64 bits per heavy atom. The molecule has 0 radical (unpaired) electrons. The summed E-state index contributed by atoms with van der Waals surface area (Å²) >= 11 is 5.98. The van der Waals surface area contributed by atoms with Gasteiger partial charge in [0.2, 0.25) is 0 Å². The van der Waals surface area contributed by atoms with Crippen LogP contribution in [0.25, 0.3) is 0 Å². The van der Waals surface area contributed by atoms with E-state index in [2.05, 4.69) is 12.2 Å². The molecule has 0 saturated heterocycles. The van der Waals surface area contributed by atoms with Gasteiger partial charge in [0.1, 0.15) is 0 Å². The number of hydrogen-bond donors (Lipinski definition) is 2. The van der Waals surface area contributed by atoms with Crippen LogP contribution in [0.1, 0.15) is 18.4 Å². The molecule has 3 N–H and O–H groups in total. The van der Waals surface area contributed by atoms with Gasteiger partial charge in [-0.25, -0.2) is 0 Å². The van der Waals surface area contributed by atoms with Gasteiger partial charge in [0, 0.05) is 23.2 Å². The fourth-order valence-electron chi connectivity index (χ4n) is 2.00. The number of benzene rings is 1. The van der Waals surface area contributed by atoms with Gasteiger partial charge in [-0.2, -0.15) is 0 Å². The first-order valence-electron chi connectivity index (χ1n) is 4.95. The van der Waals surface area contributed by atoms with Crippen LogP contribution < -0.4 is 11.1 Å². The molecule has 0 saturated carbocycles. The molecule has 1 heterocycles. The van der Waals surface area contributed by atoms with Crippen LogP contribution in [0, 0.1) is 5.92 Å². The Labute approximate surface area is 89.4 Å². The Balaban J connectivity index is 2.33. The number of nitrogens with one attached hydrogen (secondary N) is 1. The van der Waals surface area contributed by atoms with E-state index in [9.17, 15) is 0 Å². The lowest BCUT2D eigenvalue weighted by Gasteiger charge is -2.17. The minimum absolute atomic E-state index is 0.502. The third-order valence-electron chi connectivity index (χ3n) is 2.98. The third-order valence-corrected chi connectivity index (χ3v) is 3.22. The fraction of sp³-hybridized carbons (Fsp3) is 0.455. The molecule has 0 spiro atoms. The van der Waals surface area contributed by atoms with Gasteiger partial charge in [-0.1, -0.05) is 18.5 Å². The maximum absolute atomic E-state index is 5.98. The van der Waals surface area contributed by atoms with Gasteiger partial charge in [0.25, 0.3) is 0 Å². The lowest BCUT2D eigenvalue weighted by Crippen LogP contribution is -2.20. The number of nitrogens with two attached hydrogens (primary N) is 1. The van der Waals surface area contributed by atoms with E-state index in [1.165, 1.54) is 11.3 Å². The second kappa shape index (κ2) is 3.79. The lowest BCUT2D eigenvalue weighted by atomic mass is 9.89. The van der Waals surface area contributed by atoms with E-state index in [1.54, 1.807) is 0 Å². The number of hydrogen-bond acceptors (Lipinski definition) is 2. The SMILES string of the molecule is CC(CN)C1CNc2ccc(Cl)cc21. The van der Waals surface area contributed by atoms with Gasteiger partial charge in [-0.3, -0.25) is 0 Å². The lowest BCUT2D eigenvalue weighted by molar-refractivity contribution is 0.498. The predicted molar refractivity (Wildman–Crippen MR) is 60.9 cm³/mol. The molecule has 1 aromatic rings. The largest absolute Gasteiger partial charge is 0.384 e. The van der Waals surface area contributed by atoms with Crippen LogP contribution in [-0.4, -0.2) is 13.1 Å². The minimum Gasteiger partial charge on any atom is -0.384 e. The average Bonchev–Trinajstić information content (AvgIpc) is 2.59. The second-order valence-corrected chi connectivity index (χ2v) is 4.37. The average molecular weight is 211 g/mol. The Morgan fingerprint density at radius 3 is 3.14 bits per heavy atom. The molecule has 1 aromatic carbocycles. The molecule has 0 amide bonds. The molecule has 0 aromatic heterocycles. The first kappa shape index (κ1) is 9.81. The monoisotopic (exact) mass is 210 g/mol. The van der Waals surface area contributed by atoms with Crippen molar-refractivity contribution in [2.75, 3.05) is 18.4 Å². The van der Waals surface area contributed by atoms with Gasteiger partial charge >= 0.3 is 0 Å². The topological polar surface area (TPSA) is 38.0 Å². The highest BCUT2D eigenvalue weighted by molar-refractivity contribution is 6.30. The van der Waals surface area contributed by atoms with E-state index >= 15 is 0 Å². The first-order valence-corrected chi connectivity index (χ1v) is 5.33. The molecular formula is C11H15ClN2. The number of anilines is 1. The van der Waals surface area contributed by atoms with Crippen molar-refractivity contribution in [3.63, 3.8) is 0 Å². The van der Waals surface area contributed by atoms with E-state index in [4.69, 9.17) is 17.3 Å². The number of fused-ring (bicyclic) bond motifs is 1. The highest BCUT2D eigenvalue weighted by atomic mass is 35.5. The van der Waals surface area contributed by atoms with Crippen LogP contribution in [0.3, 0.4) is 0 Å². The van der Waals surface area contributed by atoms with E-state index in [1.807, 2.05) is 18.2 Å². The Bertz CT molecular complexity index is 338. The summed E-state index contributed by atoms with van der Waals surface area (Å²) < 4.78 is 0. The van der Waals surface area contributed by atoms with Crippen LogP contribution in [0.5, 0.6) is 0 Å². The zero-order valence-electron chi connectivity index (χ0n) is 8.26. The normalized spacial score (nSPS) is 21.5. The first-order chi connectivity index (χ1) is 6.72. The molecule has 0 fully saturated rings. The van der Waals surface area contributed by atoms with Crippen molar-refractivity contribution in [1.29, 1.82) is 0 Å². The van der Waals surface area contributed by atoms with Crippen molar-refractivity contribution in [1.82, 2.24) is 0 Å². The predicted octanol–water partition coefficient (Wildman–Crippen LogP) is 2.44. The maximum Gasteiger partial charge on any atom is 0.0410 e. The summed E-state index contributed by atoms with van der Waals surface area (Å²) in [5, 5.41) is 4.19. The molecule has 0 aliphatic carbocycles. The van der Waals surface area contributed by atoms with Crippen molar-refractivity contribution in [2.24, 2.45) is 11.7 Å². The van der Waals surface area contributed by atoms with Crippen molar-refractivity contribution < 1.29 is 0 Å². The quantitative estimate of drug-likeness (QED) is 0.787. The summed E-state index contributed by atoms with van der Waals surface area (Å²) in [7, 11) is 0. The highest BCUT2D eigenvalue weighted by Crippen LogP contribution is 2.37. The van der Waals surface area contributed by atoms with Crippen LogP contribution in [0.15, 0.2) is 18.2 Å². The van der Waals surface area contributed by atoms with E-state index in [-0.39, 0.29) is 0 Å². The van der Waals surface area contributed by atoms with Crippen LogP contribution in [0.2, 0.25) is 5.02 Å². The van der Waals surface area contributed by atoms with Crippen molar-refractivity contribution in [3.8, 4) is 0 Å². The minimum atomic E-state index is 0.502. The van der Waals surface area contributed by atoms with Crippen molar-refractivity contribution in [3.05, 3.63) is 28.8 Å². The maximum atomic E-state index is 5.98. The highest BCUT2D eigenvalue weighted by Gasteiger charge is 2.26. The fourth-order valence-corrected chi connectivity index (χ4v) is 2.18. The molecule has 1 aliphatic rings. The molecule has 2 atom stereocenters. The summed E-state index contributed by atoms with van der Waals surface area (Å²) in [4.78, 5) is 0. The van der Waals surface area contributed by atoms with Gasteiger partial charge in [0.15, 0.2) is 0 Å². The molecule has 2 nitrogen and oxygen atoms in total. The molecule has 3 heteroatoms. The van der Waals surface area contributed by atoms with Crippen LogP contribution in [0.4, 0.5) is 5.69 Å². The van der Waals surface area contributed by atoms with E-state index in [0.717, 1.165) is 18.1 Å². The molecule has 2 rings (SSSR count). The van der Waals surface area contributed by atoms with Gasteiger partial charge < -0.3 is 11.1 Å². The summed E-state index contributed by atoms with van der Waals surface area (Å²) in [6, 6.07) is 6.01. The molecule has 76 valence electrons. The van der Waals surface area contributed by atoms with Gasteiger partial charge in [-0.05, 0) is 36.2 Å². The Hall–Kier alpha value is -0.730. The molecule has 0 bridgehead atoms. The van der Waals surface area contributed by atoms with Gasteiger partial charge in [-0.15, -0.1) is 0 Å². The summed E-state index contributed by atoms with van der Waals surface area (Å²) in [6.07, 6.45) is 0. The van der Waals surface area contributed by atoms with E-state index in [0.29, 0.717) is 11.8 Å².